The maximum Gasteiger partial charge on any atom is 0.213 e. The van der Waals surface area contributed by atoms with Gasteiger partial charge in [0.1, 0.15) is 0 Å². The Morgan fingerprint density at radius 3 is 2.65 bits per heavy atom. The van der Waals surface area contributed by atoms with Crippen molar-refractivity contribution in [2.75, 3.05) is 31.2 Å². The molecule has 2 aliphatic heterocycles. The lowest BCUT2D eigenvalue weighted by Crippen LogP contribution is -2.60. The van der Waals surface area contributed by atoms with E-state index in [4.69, 9.17) is 4.74 Å². The third-order valence-corrected chi connectivity index (χ3v) is 8.25. The fraction of sp³-hybridized carbons (Fsp3) is 1.00. The Morgan fingerprint density at radius 1 is 1.30 bits per heavy atom. The number of nitrogens with zero attached hydrogens (tertiary/aromatic N) is 1. The minimum Gasteiger partial charge on any atom is -0.377 e. The minimum atomic E-state index is -2.99. The monoisotopic (exact) mass is 319 g/mol. The molecule has 0 aromatic heterocycles. The van der Waals surface area contributed by atoms with Crippen molar-refractivity contribution in [3.63, 3.8) is 0 Å². The molecule has 0 aromatic carbocycles. The zero-order valence-electron chi connectivity index (χ0n) is 12.2. The van der Waals surface area contributed by atoms with E-state index in [1.165, 1.54) is 25.7 Å². The first kappa shape index (κ1) is 15.1. The lowest BCUT2D eigenvalue weighted by molar-refractivity contribution is 0.0303. The van der Waals surface area contributed by atoms with E-state index >= 15 is 0 Å². The van der Waals surface area contributed by atoms with E-state index in [-0.39, 0.29) is 10.5 Å². The molecule has 0 amide bonds. The average Bonchev–Trinajstić information content (AvgIpc) is 3.03. The van der Waals surface area contributed by atoms with Crippen molar-refractivity contribution in [2.24, 2.45) is 5.92 Å². The molecule has 3 rings (SSSR count). The molecule has 0 aromatic rings. The van der Waals surface area contributed by atoms with Crippen LogP contribution in [0.25, 0.3) is 0 Å². The highest BCUT2D eigenvalue weighted by Gasteiger charge is 2.52. The first-order valence-corrected chi connectivity index (χ1v) is 10.4. The van der Waals surface area contributed by atoms with E-state index in [9.17, 15) is 8.42 Å². The van der Waals surface area contributed by atoms with Gasteiger partial charge in [0.15, 0.2) is 0 Å². The molecule has 2 saturated heterocycles. The van der Waals surface area contributed by atoms with Gasteiger partial charge in [0.05, 0.1) is 11.9 Å². The Bertz CT molecular complexity index is 439. The molecule has 3 aliphatic rings. The summed E-state index contributed by atoms with van der Waals surface area (Å²) in [5.41, 5.74) is 0. The van der Waals surface area contributed by atoms with Gasteiger partial charge in [-0.05, 0) is 32.1 Å². The Balaban J connectivity index is 1.44. The highest BCUT2D eigenvalue weighted by molar-refractivity contribution is 8.01. The van der Waals surface area contributed by atoms with Crippen LogP contribution in [-0.4, -0.2) is 54.8 Å². The van der Waals surface area contributed by atoms with Crippen LogP contribution < -0.4 is 0 Å². The van der Waals surface area contributed by atoms with E-state index in [0.717, 1.165) is 24.7 Å². The van der Waals surface area contributed by atoms with Crippen molar-refractivity contribution in [1.29, 1.82) is 0 Å². The highest BCUT2D eigenvalue weighted by Crippen LogP contribution is 2.47. The van der Waals surface area contributed by atoms with Gasteiger partial charge in [0.25, 0.3) is 0 Å². The standard InChI is InChI=1S/C14H25NO3S2/c1-2-20(16,17)15-10-14(11-15)7-13(9-19-14)18-8-12-5-3-4-6-12/h12-13H,2-11H2,1H3/t13-/m1/s1. The molecule has 1 aliphatic carbocycles. The van der Waals surface area contributed by atoms with Crippen LogP contribution in [0.15, 0.2) is 0 Å². The minimum absolute atomic E-state index is 0.155. The molecule has 0 N–H and O–H groups in total. The highest BCUT2D eigenvalue weighted by atomic mass is 32.2. The summed E-state index contributed by atoms with van der Waals surface area (Å²) in [6.07, 6.45) is 6.75. The molecular formula is C14H25NO3S2. The van der Waals surface area contributed by atoms with Gasteiger partial charge in [0, 0.05) is 30.2 Å². The lowest BCUT2D eigenvalue weighted by Gasteiger charge is -2.46. The lowest BCUT2D eigenvalue weighted by atomic mass is 9.95. The molecule has 20 heavy (non-hydrogen) atoms. The SMILES string of the molecule is CCS(=O)(=O)N1CC2(C[C@@H](OCC3CCCC3)CS2)C1. The number of thioether (sulfide) groups is 1. The van der Waals surface area contributed by atoms with E-state index < -0.39 is 10.0 Å². The van der Waals surface area contributed by atoms with E-state index in [1.807, 2.05) is 11.8 Å². The smallest absolute Gasteiger partial charge is 0.213 e. The molecule has 1 spiro atoms. The predicted octanol–water partition coefficient (Wildman–Crippen LogP) is 2.10. The summed E-state index contributed by atoms with van der Waals surface area (Å²) in [4.78, 5) is 0. The summed E-state index contributed by atoms with van der Waals surface area (Å²) in [6.45, 7) is 4.02. The molecule has 3 fully saturated rings. The van der Waals surface area contributed by atoms with Gasteiger partial charge in [-0.3, -0.25) is 0 Å². The first-order chi connectivity index (χ1) is 9.53. The van der Waals surface area contributed by atoms with Gasteiger partial charge in [-0.15, -0.1) is 11.8 Å². The van der Waals surface area contributed by atoms with Gasteiger partial charge >= 0.3 is 0 Å². The molecule has 2 heterocycles. The molecule has 1 atom stereocenters. The third kappa shape index (κ3) is 3.03. The molecule has 6 heteroatoms. The van der Waals surface area contributed by atoms with E-state index in [1.54, 1.807) is 11.2 Å². The van der Waals surface area contributed by atoms with Crippen molar-refractivity contribution < 1.29 is 13.2 Å². The van der Waals surface area contributed by atoms with Gasteiger partial charge in [-0.1, -0.05) is 12.8 Å². The number of rotatable bonds is 5. The Hall–Kier alpha value is 0.220. The predicted molar refractivity (Wildman–Crippen MR) is 82.5 cm³/mol. The Kier molecular flexibility index (Phi) is 4.37. The van der Waals surface area contributed by atoms with Gasteiger partial charge in [0.2, 0.25) is 10.0 Å². The fourth-order valence-corrected chi connectivity index (χ4v) is 6.52. The summed E-state index contributed by atoms with van der Waals surface area (Å²) >= 11 is 1.92. The summed E-state index contributed by atoms with van der Waals surface area (Å²) < 4.78 is 31.4. The fourth-order valence-electron chi connectivity index (χ4n) is 3.55. The van der Waals surface area contributed by atoms with Gasteiger partial charge < -0.3 is 4.74 Å². The molecule has 116 valence electrons. The molecule has 0 bridgehead atoms. The molecule has 0 unspecified atom stereocenters. The van der Waals surface area contributed by atoms with Gasteiger partial charge in [-0.2, -0.15) is 4.31 Å². The number of hydrogen-bond donors (Lipinski definition) is 0. The van der Waals surface area contributed by atoms with Crippen LogP contribution in [-0.2, 0) is 14.8 Å². The second kappa shape index (κ2) is 5.78. The second-order valence-corrected chi connectivity index (χ2v) is 10.2. The van der Waals surface area contributed by atoms with Crippen molar-refractivity contribution >= 4 is 21.8 Å². The molecule has 0 radical (unpaired) electrons. The van der Waals surface area contributed by atoms with Crippen LogP contribution in [0.2, 0.25) is 0 Å². The number of sulfonamides is 1. The topological polar surface area (TPSA) is 46.6 Å². The Morgan fingerprint density at radius 2 is 2.00 bits per heavy atom. The first-order valence-electron chi connectivity index (χ1n) is 7.76. The van der Waals surface area contributed by atoms with Crippen LogP contribution in [0.1, 0.15) is 39.0 Å². The van der Waals surface area contributed by atoms with Crippen LogP contribution in [0, 0.1) is 5.92 Å². The maximum absolute atomic E-state index is 11.8. The quantitative estimate of drug-likeness (QED) is 0.778. The largest absolute Gasteiger partial charge is 0.377 e. The van der Waals surface area contributed by atoms with Crippen molar-refractivity contribution in [3.8, 4) is 0 Å². The van der Waals surface area contributed by atoms with Crippen molar-refractivity contribution in [1.82, 2.24) is 4.31 Å². The van der Waals surface area contributed by atoms with Crippen molar-refractivity contribution in [2.45, 2.75) is 49.9 Å². The molecule has 1 saturated carbocycles. The maximum atomic E-state index is 11.8. The summed E-state index contributed by atoms with van der Waals surface area (Å²) in [5, 5.41) is 0. The third-order valence-electron chi connectivity index (χ3n) is 4.90. The van der Waals surface area contributed by atoms with E-state index in [0.29, 0.717) is 19.2 Å². The molecular weight excluding hydrogens is 294 g/mol. The zero-order chi connectivity index (χ0) is 14.2. The zero-order valence-corrected chi connectivity index (χ0v) is 13.8. The second-order valence-electron chi connectivity index (χ2n) is 6.47. The van der Waals surface area contributed by atoms with Crippen LogP contribution >= 0.6 is 11.8 Å². The van der Waals surface area contributed by atoms with E-state index in [2.05, 4.69) is 0 Å². The van der Waals surface area contributed by atoms with Crippen LogP contribution in [0.5, 0.6) is 0 Å². The molecule has 4 nitrogen and oxygen atoms in total. The van der Waals surface area contributed by atoms with Gasteiger partial charge in [-0.25, -0.2) is 8.42 Å². The summed E-state index contributed by atoms with van der Waals surface area (Å²) in [7, 11) is -2.99. The summed E-state index contributed by atoms with van der Waals surface area (Å²) in [5.74, 6) is 2.03. The van der Waals surface area contributed by atoms with Crippen LogP contribution in [0.3, 0.4) is 0 Å². The number of hydrogen-bond acceptors (Lipinski definition) is 4. The Labute approximate surface area is 126 Å². The average molecular weight is 319 g/mol. The van der Waals surface area contributed by atoms with Crippen molar-refractivity contribution in [3.05, 3.63) is 0 Å². The normalized spacial score (nSPS) is 30.9. The van der Waals surface area contributed by atoms with Crippen LogP contribution in [0.4, 0.5) is 0 Å². The number of ether oxygens (including phenoxy) is 1. The summed E-state index contributed by atoms with van der Waals surface area (Å²) in [6, 6.07) is 0.